The molecule has 0 spiro atoms. The van der Waals surface area contributed by atoms with Crippen molar-refractivity contribution in [1.82, 2.24) is 20.4 Å². The summed E-state index contributed by atoms with van der Waals surface area (Å²) in [6.45, 7) is 3.21. The van der Waals surface area contributed by atoms with Crippen LogP contribution in [0.5, 0.6) is 0 Å². The van der Waals surface area contributed by atoms with E-state index >= 15 is 0 Å². The Kier molecular flexibility index (Phi) is 3.93. The zero-order chi connectivity index (χ0) is 17.2. The van der Waals surface area contributed by atoms with E-state index in [1.807, 2.05) is 12.1 Å². The van der Waals surface area contributed by atoms with Crippen LogP contribution in [0.25, 0.3) is 11.5 Å². The fourth-order valence-electron chi connectivity index (χ4n) is 2.96. The fraction of sp³-hybridized carbons (Fsp3) is 0.294. The molecule has 25 heavy (non-hydrogen) atoms. The zero-order valence-electron chi connectivity index (χ0n) is 13.7. The number of rotatable bonds is 4. The van der Waals surface area contributed by atoms with E-state index in [1.165, 1.54) is 6.26 Å². The van der Waals surface area contributed by atoms with E-state index in [1.54, 1.807) is 25.3 Å². The maximum atomic E-state index is 12.1. The van der Waals surface area contributed by atoms with Crippen LogP contribution in [0.3, 0.4) is 0 Å². The van der Waals surface area contributed by atoms with Crippen LogP contribution in [0, 0.1) is 6.92 Å². The third kappa shape index (κ3) is 3.10. The Morgan fingerprint density at radius 2 is 2.28 bits per heavy atom. The molecule has 0 bridgehead atoms. The molecule has 3 aromatic rings. The Morgan fingerprint density at radius 3 is 3.04 bits per heavy atom. The number of carbonyl (C=O) groups is 1. The van der Waals surface area contributed by atoms with Crippen molar-refractivity contribution in [3.63, 3.8) is 0 Å². The van der Waals surface area contributed by atoms with Crippen LogP contribution >= 0.6 is 0 Å². The van der Waals surface area contributed by atoms with Crippen molar-refractivity contribution in [2.75, 3.05) is 18.0 Å². The lowest BCUT2D eigenvalue weighted by atomic mass is 10.2. The number of anilines is 1. The first-order valence-electron chi connectivity index (χ1n) is 8.06. The highest BCUT2D eigenvalue weighted by atomic mass is 16.5. The minimum Gasteiger partial charge on any atom is -0.459 e. The maximum absolute atomic E-state index is 12.1. The molecule has 1 fully saturated rings. The molecule has 1 aliphatic rings. The number of carbonyl (C=O) groups excluding carboxylic acids is 1. The molecular formula is C17H17N5O3. The molecule has 1 saturated heterocycles. The van der Waals surface area contributed by atoms with Gasteiger partial charge in [0.15, 0.2) is 11.6 Å². The Labute approximate surface area is 143 Å². The van der Waals surface area contributed by atoms with Gasteiger partial charge in [-0.15, -0.1) is 0 Å². The summed E-state index contributed by atoms with van der Waals surface area (Å²) < 4.78 is 10.4. The number of nitrogens with zero attached hydrogens (tertiary/aromatic N) is 4. The molecule has 4 heterocycles. The van der Waals surface area contributed by atoms with E-state index in [4.69, 9.17) is 8.94 Å². The molecule has 8 nitrogen and oxygen atoms in total. The molecule has 8 heteroatoms. The summed E-state index contributed by atoms with van der Waals surface area (Å²) in [4.78, 5) is 23.0. The molecular weight excluding hydrogens is 322 g/mol. The van der Waals surface area contributed by atoms with Crippen LogP contribution in [0.1, 0.15) is 22.8 Å². The molecule has 3 aromatic heterocycles. The molecule has 0 aromatic carbocycles. The van der Waals surface area contributed by atoms with E-state index in [-0.39, 0.29) is 11.9 Å². The lowest BCUT2D eigenvalue weighted by molar-refractivity contribution is 0.0912. The standard InChI is InChI=1S/C17H17N5O3/c1-11-19-17(25-21-11)13-4-2-7-18-15(13)22-8-6-12(10-22)20-16(23)14-5-3-9-24-14/h2-5,7,9,12H,6,8,10H2,1H3,(H,20,23)/t12-/m1/s1. The van der Waals surface area contributed by atoms with Gasteiger partial charge in [-0.1, -0.05) is 5.16 Å². The predicted molar refractivity (Wildman–Crippen MR) is 89.1 cm³/mol. The number of pyridine rings is 1. The highest BCUT2D eigenvalue weighted by Crippen LogP contribution is 2.29. The van der Waals surface area contributed by atoms with Crippen LogP contribution in [0.15, 0.2) is 45.7 Å². The van der Waals surface area contributed by atoms with Gasteiger partial charge < -0.3 is 19.2 Å². The maximum Gasteiger partial charge on any atom is 0.287 e. The SMILES string of the molecule is Cc1noc(-c2cccnc2N2CC[C@@H](NC(=O)c3ccco3)C2)n1. The highest BCUT2D eigenvalue weighted by molar-refractivity contribution is 5.91. The first-order valence-corrected chi connectivity index (χ1v) is 8.06. The number of nitrogens with one attached hydrogen (secondary N) is 1. The van der Waals surface area contributed by atoms with Gasteiger partial charge in [0.25, 0.3) is 11.8 Å². The summed E-state index contributed by atoms with van der Waals surface area (Å²) in [7, 11) is 0. The Bertz CT molecular complexity index is 874. The summed E-state index contributed by atoms with van der Waals surface area (Å²) in [6, 6.07) is 7.12. The number of hydrogen-bond acceptors (Lipinski definition) is 7. The van der Waals surface area contributed by atoms with Crippen molar-refractivity contribution in [3.05, 3.63) is 48.3 Å². The van der Waals surface area contributed by atoms with E-state index in [9.17, 15) is 4.79 Å². The molecule has 4 rings (SSSR count). The van der Waals surface area contributed by atoms with Gasteiger partial charge in [0.2, 0.25) is 0 Å². The Balaban J connectivity index is 1.50. The van der Waals surface area contributed by atoms with Crippen molar-refractivity contribution in [1.29, 1.82) is 0 Å². The normalized spacial score (nSPS) is 17.0. The minimum atomic E-state index is -0.203. The summed E-state index contributed by atoms with van der Waals surface area (Å²) in [6.07, 6.45) is 4.05. The second kappa shape index (κ2) is 6.39. The molecule has 0 unspecified atom stereocenters. The molecule has 128 valence electrons. The molecule has 1 atom stereocenters. The number of aromatic nitrogens is 3. The van der Waals surface area contributed by atoms with Crippen LogP contribution in [-0.4, -0.2) is 40.2 Å². The molecule has 0 aliphatic carbocycles. The smallest absolute Gasteiger partial charge is 0.287 e. The predicted octanol–water partition coefficient (Wildman–Crippen LogP) is 2.04. The summed E-state index contributed by atoms with van der Waals surface area (Å²) in [5, 5.41) is 6.83. The van der Waals surface area contributed by atoms with Gasteiger partial charge in [0, 0.05) is 25.3 Å². The second-order valence-electron chi connectivity index (χ2n) is 5.90. The first-order chi connectivity index (χ1) is 12.2. The van der Waals surface area contributed by atoms with Gasteiger partial charge >= 0.3 is 0 Å². The van der Waals surface area contributed by atoms with Gasteiger partial charge in [-0.3, -0.25) is 4.79 Å². The topological polar surface area (TPSA) is 97.3 Å². The van der Waals surface area contributed by atoms with Crippen LogP contribution in [-0.2, 0) is 0 Å². The third-order valence-electron chi connectivity index (χ3n) is 4.11. The van der Waals surface area contributed by atoms with Gasteiger partial charge in [-0.05, 0) is 37.6 Å². The number of furan rings is 1. The van der Waals surface area contributed by atoms with Gasteiger partial charge in [0.1, 0.15) is 5.82 Å². The summed E-state index contributed by atoms with van der Waals surface area (Å²) in [5.74, 6) is 1.92. The Hall–Kier alpha value is -3.16. The first kappa shape index (κ1) is 15.4. The van der Waals surface area contributed by atoms with E-state index in [2.05, 4.69) is 25.3 Å². The van der Waals surface area contributed by atoms with Gasteiger partial charge in [-0.2, -0.15) is 4.98 Å². The van der Waals surface area contributed by atoms with E-state index in [0.717, 1.165) is 24.3 Å². The molecule has 1 amide bonds. The van der Waals surface area contributed by atoms with Gasteiger partial charge in [-0.25, -0.2) is 4.98 Å². The number of amides is 1. The van der Waals surface area contributed by atoms with Crippen LogP contribution in [0.4, 0.5) is 5.82 Å². The highest BCUT2D eigenvalue weighted by Gasteiger charge is 2.28. The Morgan fingerprint density at radius 1 is 1.36 bits per heavy atom. The van der Waals surface area contributed by atoms with Crippen molar-refractivity contribution in [3.8, 4) is 11.5 Å². The van der Waals surface area contributed by atoms with Gasteiger partial charge in [0.05, 0.1) is 11.8 Å². The monoisotopic (exact) mass is 339 g/mol. The molecule has 0 saturated carbocycles. The van der Waals surface area contributed by atoms with Crippen molar-refractivity contribution < 1.29 is 13.7 Å². The van der Waals surface area contributed by atoms with Crippen molar-refractivity contribution in [2.24, 2.45) is 0 Å². The quantitative estimate of drug-likeness (QED) is 0.777. The van der Waals surface area contributed by atoms with E-state index < -0.39 is 0 Å². The number of hydrogen-bond donors (Lipinski definition) is 1. The molecule has 1 N–H and O–H groups in total. The van der Waals surface area contributed by atoms with Crippen LogP contribution < -0.4 is 10.2 Å². The average Bonchev–Trinajstić information content (AvgIpc) is 3.36. The number of aryl methyl sites for hydroxylation is 1. The van der Waals surface area contributed by atoms with Crippen molar-refractivity contribution >= 4 is 11.7 Å². The third-order valence-corrected chi connectivity index (χ3v) is 4.11. The lowest BCUT2D eigenvalue weighted by Gasteiger charge is -2.19. The average molecular weight is 339 g/mol. The minimum absolute atomic E-state index is 0.0249. The molecule has 1 aliphatic heterocycles. The van der Waals surface area contributed by atoms with Crippen LogP contribution in [0.2, 0.25) is 0 Å². The molecule has 0 radical (unpaired) electrons. The fourth-order valence-corrected chi connectivity index (χ4v) is 2.96. The van der Waals surface area contributed by atoms with E-state index in [0.29, 0.717) is 24.0 Å². The zero-order valence-corrected chi connectivity index (χ0v) is 13.7. The summed E-state index contributed by atoms with van der Waals surface area (Å²) in [5.41, 5.74) is 0.793. The lowest BCUT2D eigenvalue weighted by Crippen LogP contribution is -2.37. The largest absolute Gasteiger partial charge is 0.459 e. The second-order valence-corrected chi connectivity index (χ2v) is 5.90. The summed E-state index contributed by atoms with van der Waals surface area (Å²) >= 11 is 0. The van der Waals surface area contributed by atoms with Crippen molar-refractivity contribution in [2.45, 2.75) is 19.4 Å².